The minimum Gasteiger partial charge on any atom is -0.492 e. The molecule has 0 spiro atoms. The molecule has 0 atom stereocenters. The second kappa shape index (κ2) is 6.80. The van der Waals surface area contributed by atoms with E-state index >= 15 is 0 Å². The van der Waals surface area contributed by atoms with Gasteiger partial charge < -0.3 is 14.5 Å². The Morgan fingerprint density at radius 3 is 2.52 bits per heavy atom. The van der Waals surface area contributed by atoms with Crippen molar-refractivity contribution in [3.63, 3.8) is 0 Å². The Kier molecular flexibility index (Phi) is 4.97. The molecule has 1 aromatic heterocycles. The van der Waals surface area contributed by atoms with E-state index in [2.05, 4.69) is 9.97 Å². The van der Waals surface area contributed by atoms with Gasteiger partial charge >= 0.3 is 0 Å². The first kappa shape index (κ1) is 18.3. The van der Waals surface area contributed by atoms with E-state index in [1.807, 2.05) is 0 Å². The number of H-pyrrole nitrogens is 1. The van der Waals surface area contributed by atoms with E-state index in [0.29, 0.717) is 6.92 Å². The zero-order valence-electron chi connectivity index (χ0n) is 12.9. The van der Waals surface area contributed by atoms with Crippen molar-refractivity contribution in [2.45, 2.75) is 19.3 Å². The molecular weight excluding hydrogens is 346 g/mol. The van der Waals surface area contributed by atoms with E-state index < -0.39 is 40.7 Å². The molecule has 0 saturated carbocycles. The number of hydrogen-bond acceptors (Lipinski definition) is 5. The Morgan fingerprint density at radius 2 is 2.00 bits per heavy atom. The number of nitriles is 1. The van der Waals surface area contributed by atoms with Gasteiger partial charge in [0.05, 0.1) is 19.0 Å². The second-order valence-electron chi connectivity index (χ2n) is 4.91. The topological polar surface area (TPSA) is 88.0 Å². The molecule has 0 amide bonds. The summed E-state index contributed by atoms with van der Waals surface area (Å²) in [6, 6.07) is 3.31. The SMILES string of the molecule is COc1c(C#N)cc(C(F)F)cc1Oc1c(C(C)(F)F)nc[nH]c1=O. The van der Waals surface area contributed by atoms with Crippen LogP contribution in [-0.4, -0.2) is 17.1 Å². The van der Waals surface area contributed by atoms with Crippen molar-refractivity contribution < 1.29 is 27.0 Å². The average Bonchev–Trinajstić information content (AvgIpc) is 2.54. The maximum atomic E-state index is 13.6. The summed E-state index contributed by atoms with van der Waals surface area (Å²) in [5.41, 5.74) is -2.94. The van der Waals surface area contributed by atoms with Crippen LogP contribution in [0.1, 0.15) is 30.2 Å². The first-order valence-electron chi connectivity index (χ1n) is 6.73. The Labute approximate surface area is 138 Å². The van der Waals surface area contributed by atoms with Gasteiger partial charge in [-0.3, -0.25) is 4.79 Å². The quantitative estimate of drug-likeness (QED) is 0.828. The molecular formula is C15H11F4N3O3. The number of hydrogen-bond donors (Lipinski definition) is 1. The van der Waals surface area contributed by atoms with Gasteiger partial charge in [-0.05, 0) is 12.1 Å². The van der Waals surface area contributed by atoms with Gasteiger partial charge in [0.1, 0.15) is 6.07 Å². The largest absolute Gasteiger partial charge is 0.492 e. The molecule has 1 aromatic carbocycles. The second-order valence-corrected chi connectivity index (χ2v) is 4.91. The molecule has 6 nitrogen and oxygen atoms in total. The number of aromatic nitrogens is 2. The maximum Gasteiger partial charge on any atom is 0.294 e. The summed E-state index contributed by atoms with van der Waals surface area (Å²) < 4.78 is 63.3. The number of methoxy groups -OCH3 is 1. The van der Waals surface area contributed by atoms with Gasteiger partial charge in [0.2, 0.25) is 5.75 Å². The van der Waals surface area contributed by atoms with E-state index in [9.17, 15) is 22.4 Å². The number of rotatable bonds is 5. The lowest BCUT2D eigenvalue weighted by atomic mass is 10.1. The highest BCUT2D eigenvalue weighted by Gasteiger charge is 2.33. The number of aromatic amines is 1. The predicted molar refractivity (Wildman–Crippen MR) is 77.2 cm³/mol. The third-order valence-corrected chi connectivity index (χ3v) is 3.09. The highest BCUT2D eigenvalue weighted by atomic mass is 19.3. The van der Waals surface area contributed by atoms with Crippen LogP contribution in [0.3, 0.4) is 0 Å². The molecule has 10 heteroatoms. The molecule has 0 aliphatic heterocycles. The van der Waals surface area contributed by atoms with Gasteiger partial charge in [-0.1, -0.05) is 0 Å². The van der Waals surface area contributed by atoms with E-state index in [1.54, 1.807) is 6.07 Å². The van der Waals surface area contributed by atoms with E-state index in [0.717, 1.165) is 25.6 Å². The molecule has 0 bridgehead atoms. The first-order chi connectivity index (χ1) is 11.7. The van der Waals surface area contributed by atoms with Crippen molar-refractivity contribution in [2.24, 2.45) is 0 Å². The van der Waals surface area contributed by atoms with Gasteiger partial charge in [-0.15, -0.1) is 0 Å². The monoisotopic (exact) mass is 357 g/mol. The minimum atomic E-state index is -3.53. The smallest absolute Gasteiger partial charge is 0.294 e. The van der Waals surface area contributed by atoms with Crippen LogP contribution in [-0.2, 0) is 5.92 Å². The molecule has 25 heavy (non-hydrogen) atoms. The third-order valence-electron chi connectivity index (χ3n) is 3.09. The Hall–Kier alpha value is -3.09. The summed E-state index contributed by atoms with van der Waals surface area (Å²) in [5.74, 6) is -5.18. The minimum absolute atomic E-state index is 0.277. The van der Waals surface area contributed by atoms with Crippen LogP contribution in [0, 0.1) is 11.3 Å². The normalized spacial score (nSPS) is 11.3. The number of ether oxygens (including phenoxy) is 2. The van der Waals surface area contributed by atoms with Crippen LogP contribution >= 0.6 is 0 Å². The lowest BCUT2D eigenvalue weighted by Gasteiger charge is -2.16. The number of nitrogens with one attached hydrogen (secondary N) is 1. The van der Waals surface area contributed by atoms with Crippen molar-refractivity contribution in [3.8, 4) is 23.3 Å². The van der Waals surface area contributed by atoms with Gasteiger partial charge in [0.25, 0.3) is 17.9 Å². The number of alkyl halides is 4. The van der Waals surface area contributed by atoms with Crippen LogP contribution in [0.25, 0.3) is 0 Å². The molecule has 0 aliphatic carbocycles. The molecule has 1 N–H and O–H groups in total. The highest BCUT2D eigenvalue weighted by molar-refractivity contribution is 5.56. The number of benzene rings is 1. The summed E-state index contributed by atoms with van der Waals surface area (Å²) in [4.78, 5) is 17.3. The summed E-state index contributed by atoms with van der Waals surface area (Å²) in [6.07, 6.45) is -2.20. The van der Waals surface area contributed by atoms with Crippen LogP contribution in [0.2, 0.25) is 0 Å². The lowest BCUT2D eigenvalue weighted by Crippen LogP contribution is -2.19. The van der Waals surface area contributed by atoms with Crippen LogP contribution in [0.15, 0.2) is 23.3 Å². The summed E-state index contributed by atoms with van der Waals surface area (Å²) >= 11 is 0. The van der Waals surface area contributed by atoms with E-state index in [1.165, 1.54) is 0 Å². The van der Waals surface area contributed by atoms with E-state index in [-0.39, 0.29) is 11.3 Å². The zero-order valence-corrected chi connectivity index (χ0v) is 12.9. The van der Waals surface area contributed by atoms with Crippen LogP contribution < -0.4 is 15.0 Å². The number of nitrogens with zero attached hydrogens (tertiary/aromatic N) is 2. The average molecular weight is 357 g/mol. The molecule has 0 aliphatic rings. The predicted octanol–water partition coefficient (Wildman–Crippen LogP) is 3.49. The van der Waals surface area contributed by atoms with Gasteiger partial charge in [0.15, 0.2) is 17.2 Å². The van der Waals surface area contributed by atoms with Crippen molar-refractivity contribution in [2.75, 3.05) is 7.11 Å². The summed E-state index contributed by atoms with van der Waals surface area (Å²) in [5, 5.41) is 9.05. The highest BCUT2D eigenvalue weighted by Crippen LogP contribution is 2.39. The molecule has 0 fully saturated rings. The van der Waals surface area contributed by atoms with Crippen molar-refractivity contribution in [1.82, 2.24) is 9.97 Å². The zero-order chi connectivity index (χ0) is 18.8. The maximum absolute atomic E-state index is 13.6. The molecule has 2 rings (SSSR count). The van der Waals surface area contributed by atoms with Crippen molar-refractivity contribution >= 4 is 0 Å². The fourth-order valence-electron chi connectivity index (χ4n) is 2.02. The molecule has 0 unspecified atom stereocenters. The Bertz CT molecular complexity index is 885. The standard InChI is InChI=1S/C15H11F4N3O3/c1-15(18,19)12-11(14(23)22-6-21-12)25-9-4-7(13(16)17)3-8(5-20)10(9)24-2/h3-4,6,13H,1-2H3,(H,21,22,23). The molecule has 0 radical (unpaired) electrons. The number of halogens is 4. The lowest BCUT2D eigenvalue weighted by molar-refractivity contribution is 0.0102. The van der Waals surface area contributed by atoms with Gasteiger partial charge in [0, 0.05) is 12.5 Å². The fourth-order valence-corrected chi connectivity index (χ4v) is 2.02. The third kappa shape index (κ3) is 3.71. The first-order valence-corrected chi connectivity index (χ1v) is 6.73. The Morgan fingerprint density at radius 1 is 1.32 bits per heavy atom. The van der Waals surface area contributed by atoms with Crippen LogP contribution in [0.4, 0.5) is 17.6 Å². The molecule has 0 saturated heterocycles. The summed E-state index contributed by atoms with van der Waals surface area (Å²) in [7, 11) is 1.13. The van der Waals surface area contributed by atoms with Crippen molar-refractivity contribution in [3.05, 3.63) is 45.6 Å². The summed E-state index contributed by atoms with van der Waals surface area (Å²) in [6.45, 7) is 0.495. The van der Waals surface area contributed by atoms with E-state index in [4.69, 9.17) is 14.7 Å². The molecule has 132 valence electrons. The van der Waals surface area contributed by atoms with Crippen molar-refractivity contribution in [1.29, 1.82) is 5.26 Å². The molecule has 2 aromatic rings. The van der Waals surface area contributed by atoms with Gasteiger partial charge in [-0.2, -0.15) is 14.0 Å². The Balaban J connectivity index is 2.68. The molecule has 1 heterocycles. The van der Waals surface area contributed by atoms with Gasteiger partial charge in [-0.25, -0.2) is 13.8 Å². The fraction of sp³-hybridized carbons (Fsp3) is 0.267. The van der Waals surface area contributed by atoms with Crippen LogP contribution in [0.5, 0.6) is 17.2 Å².